The van der Waals surface area contributed by atoms with Gasteiger partial charge in [0.1, 0.15) is 0 Å². The number of alkyl halides is 1. The third-order valence-electron chi connectivity index (χ3n) is 3.49. The van der Waals surface area contributed by atoms with E-state index < -0.39 is 0 Å². The SMILES string of the molecule is CCc1ccc(OCC(CBr)C(C)(C)C)c(OC)c1. The number of rotatable bonds is 6. The van der Waals surface area contributed by atoms with Crippen molar-refractivity contribution in [2.24, 2.45) is 11.3 Å². The van der Waals surface area contributed by atoms with Crippen LogP contribution in [0.1, 0.15) is 33.3 Å². The molecule has 1 aromatic carbocycles. The lowest BCUT2D eigenvalue weighted by atomic mass is 9.83. The van der Waals surface area contributed by atoms with Gasteiger partial charge < -0.3 is 9.47 Å². The van der Waals surface area contributed by atoms with Crippen LogP contribution in [0.25, 0.3) is 0 Å². The van der Waals surface area contributed by atoms with E-state index in [1.54, 1.807) is 7.11 Å². The molecule has 1 aromatic rings. The summed E-state index contributed by atoms with van der Waals surface area (Å²) in [5.41, 5.74) is 1.48. The van der Waals surface area contributed by atoms with Crippen LogP contribution in [0.2, 0.25) is 0 Å². The first-order valence-electron chi connectivity index (χ1n) is 6.78. The standard InChI is InChI=1S/C16H25BrO2/c1-6-12-7-8-14(15(9-12)18-5)19-11-13(10-17)16(2,3)4/h7-9,13H,6,10-11H2,1-5H3. The summed E-state index contributed by atoms with van der Waals surface area (Å²) in [7, 11) is 1.69. The molecule has 0 amide bonds. The number of ether oxygens (including phenoxy) is 2. The van der Waals surface area contributed by atoms with E-state index >= 15 is 0 Å². The van der Waals surface area contributed by atoms with Crippen LogP contribution < -0.4 is 9.47 Å². The molecular weight excluding hydrogens is 304 g/mol. The van der Waals surface area contributed by atoms with Crippen molar-refractivity contribution in [3.05, 3.63) is 23.8 Å². The molecule has 0 saturated carbocycles. The molecule has 0 heterocycles. The molecule has 0 N–H and O–H groups in total. The van der Waals surface area contributed by atoms with Gasteiger partial charge in [0.15, 0.2) is 11.5 Å². The van der Waals surface area contributed by atoms with Crippen molar-refractivity contribution >= 4 is 15.9 Å². The first-order valence-corrected chi connectivity index (χ1v) is 7.90. The van der Waals surface area contributed by atoms with Gasteiger partial charge in [-0.1, -0.05) is 49.7 Å². The van der Waals surface area contributed by atoms with Crippen LogP contribution >= 0.6 is 15.9 Å². The molecule has 0 spiro atoms. The molecule has 0 aromatic heterocycles. The largest absolute Gasteiger partial charge is 0.493 e. The maximum atomic E-state index is 5.95. The van der Waals surface area contributed by atoms with Gasteiger partial charge in [0, 0.05) is 11.2 Å². The Morgan fingerprint density at radius 3 is 2.37 bits per heavy atom. The van der Waals surface area contributed by atoms with Gasteiger partial charge in [-0.25, -0.2) is 0 Å². The quantitative estimate of drug-likeness (QED) is 0.705. The second kappa shape index (κ2) is 7.18. The molecule has 0 bridgehead atoms. The average molecular weight is 329 g/mol. The maximum absolute atomic E-state index is 5.95. The monoisotopic (exact) mass is 328 g/mol. The number of benzene rings is 1. The zero-order chi connectivity index (χ0) is 14.5. The van der Waals surface area contributed by atoms with Gasteiger partial charge in [0.2, 0.25) is 0 Å². The fraction of sp³-hybridized carbons (Fsp3) is 0.625. The van der Waals surface area contributed by atoms with E-state index in [-0.39, 0.29) is 5.41 Å². The Kier molecular flexibility index (Phi) is 6.18. The predicted octanol–water partition coefficient (Wildman–Crippen LogP) is 4.69. The second-order valence-corrected chi connectivity index (χ2v) is 6.51. The molecule has 19 heavy (non-hydrogen) atoms. The third-order valence-corrected chi connectivity index (χ3v) is 4.27. The minimum absolute atomic E-state index is 0.222. The van der Waals surface area contributed by atoms with Crippen LogP contribution in [0.4, 0.5) is 0 Å². The molecule has 0 fully saturated rings. The van der Waals surface area contributed by atoms with E-state index in [0.717, 1.165) is 23.2 Å². The molecule has 1 rings (SSSR count). The van der Waals surface area contributed by atoms with Gasteiger partial charge in [-0.05, 0) is 29.5 Å². The van der Waals surface area contributed by atoms with E-state index in [1.807, 2.05) is 6.07 Å². The predicted molar refractivity (Wildman–Crippen MR) is 84.6 cm³/mol. The summed E-state index contributed by atoms with van der Waals surface area (Å²) >= 11 is 3.57. The molecule has 0 aliphatic carbocycles. The van der Waals surface area contributed by atoms with Crippen LogP contribution in [0.3, 0.4) is 0 Å². The highest BCUT2D eigenvalue weighted by Crippen LogP contribution is 2.32. The average Bonchev–Trinajstić information content (AvgIpc) is 2.38. The van der Waals surface area contributed by atoms with Gasteiger partial charge in [0.25, 0.3) is 0 Å². The van der Waals surface area contributed by atoms with E-state index in [9.17, 15) is 0 Å². The second-order valence-electron chi connectivity index (χ2n) is 5.87. The molecule has 0 saturated heterocycles. The Bertz CT molecular complexity index is 396. The zero-order valence-corrected chi connectivity index (χ0v) is 14.2. The highest BCUT2D eigenvalue weighted by Gasteiger charge is 2.24. The summed E-state index contributed by atoms with van der Waals surface area (Å²) < 4.78 is 11.4. The summed E-state index contributed by atoms with van der Waals surface area (Å²) in [5, 5.41) is 0.936. The Morgan fingerprint density at radius 1 is 1.21 bits per heavy atom. The van der Waals surface area contributed by atoms with Crippen LogP contribution in [0.15, 0.2) is 18.2 Å². The minimum Gasteiger partial charge on any atom is -0.493 e. The van der Waals surface area contributed by atoms with Crippen LogP contribution in [0.5, 0.6) is 11.5 Å². The fourth-order valence-corrected chi connectivity index (χ4v) is 2.93. The van der Waals surface area contributed by atoms with Crippen molar-refractivity contribution in [2.45, 2.75) is 34.1 Å². The summed E-state index contributed by atoms with van der Waals surface area (Å²) in [6, 6.07) is 6.15. The number of hydrogen-bond acceptors (Lipinski definition) is 2. The lowest BCUT2D eigenvalue weighted by Gasteiger charge is -2.29. The minimum atomic E-state index is 0.222. The summed E-state index contributed by atoms with van der Waals surface area (Å²) in [6.07, 6.45) is 1.00. The Hall–Kier alpha value is -0.700. The van der Waals surface area contributed by atoms with E-state index in [0.29, 0.717) is 12.5 Å². The lowest BCUT2D eigenvalue weighted by Crippen LogP contribution is -2.28. The summed E-state index contributed by atoms with van der Waals surface area (Å²) in [4.78, 5) is 0. The molecule has 1 atom stereocenters. The fourth-order valence-electron chi connectivity index (χ4n) is 1.77. The number of halogens is 1. The lowest BCUT2D eigenvalue weighted by molar-refractivity contribution is 0.162. The maximum Gasteiger partial charge on any atom is 0.161 e. The van der Waals surface area contributed by atoms with Gasteiger partial charge in [0.05, 0.1) is 13.7 Å². The molecule has 0 radical (unpaired) electrons. The van der Waals surface area contributed by atoms with E-state index in [4.69, 9.17) is 9.47 Å². The number of methoxy groups -OCH3 is 1. The Morgan fingerprint density at radius 2 is 1.89 bits per heavy atom. The van der Waals surface area contributed by atoms with Crippen LogP contribution in [-0.2, 0) is 6.42 Å². The number of aryl methyl sites for hydroxylation is 1. The van der Waals surface area contributed by atoms with Gasteiger partial charge >= 0.3 is 0 Å². The highest BCUT2D eigenvalue weighted by molar-refractivity contribution is 9.09. The Balaban J connectivity index is 2.77. The summed E-state index contributed by atoms with van der Waals surface area (Å²) in [6.45, 7) is 9.53. The van der Waals surface area contributed by atoms with Crippen LogP contribution in [-0.4, -0.2) is 19.0 Å². The molecule has 0 aliphatic rings. The first kappa shape index (κ1) is 16.4. The van der Waals surface area contributed by atoms with E-state index in [1.165, 1.54) is 5.56 Å². The third kappa shape index (κ3) is 4.72. The van der Waals surface area contributed by atoms with Crippen molar-refractivity contribution in [1.29, 1.82) is 0 Å². The summed E-state index contributed by atoms with van der Waals surface area (Å²) in [5.74, 6) is 2.11. The molecule has 0 aliphatic heterocycles. The molecule has 108 valence electrons. The van der Waals surface area contributed by atoms with Crippen molar-refractivity contribution in [3.63, 3.8) is 0 Å². The first-order chi connectivity index (χ1) is 8.92. The Labute approximate surface area is 125 Å². The van der Waals surface area contributed by atoms with Gasteiger partial charge in [-0.2, -0.15) is 0 Å². The van der Waals surface area contributed by atoms with E-state index in [2.05, 4.69) is 55.8 Å². The smallest absolute Gasteiger partial charge is 0.161 e. The van der Waals surface area contributed by atoms with Gasteiger partial charge in [-0.15, -0.1) is 0 Å². The van der Waals surface area contributed by atoms with Crippen molar-refractivity contribution in [1.82, 2.24) is 0 Å². The van der Waals surface area contributed by atoms with Crippen molar-refractivity contribution in [3.8, 4) is 11.5 Å². The number of hydrogen-bond donors (Lipinski definition) is 0. The molecule has 1 unspecified atom stereocenters. The topological polar surface area (TPSA) is 18.5 Å². The zero-order valence-electron chi connectivity index (χ0n) is 12.6. The molecule has 3 heteroatoms. The highest BCUT2D eigenvalue weighted by atomic mass is 79.9. The van der Waals surface area contributed by atoms with Gasteiger partial charge in [-0.3, -0.25) is 0 Å². The van der Waals surface area contributed by atoms with Crippen molar-refractivity contribution < 1.29 is 9.47 Å². The van der Waals surface area contributed by atoms with Crippen molar-refractivity contribution in [2.75, 3.05) is 19.0 Å². The normalized spacial score (nSPS) is 13.2. The molecule has 2 nitrogen and oxygen atoms in total. The van der Waals surface area contributed by atoms with Crippen LogP contribution in [0, 0.1) is 11.3 Å². The molecular formula is C16H25BrO2.